The molecule has 0 unspecified atom stereocenters. The Kier molecular flexibility index (Phi) is 5.80. The van der Waals surface area contributed by atoms with Gasteiger partial charge in [-0.2, -0.15) is 0 Å². The van der Waals surface area contributed by atoms with E-state index in [2.05, 4.69) is 20.6 Å². The molecule has 0 aliphatic rings. The minimum absolute atomic E-state index is 0.110. The van der Waals surface area contributed by atoms with Gasteiger partial charge in [0, 0.05) is 24.3 Å². The molecule has 0 bridgehead atoms. The van der Waals surface area contributed by atoms with Crippen LogP contribution in [-0.2, 0) is 11.3 Å². The first kappa shape index (κ1) is 17.9. The van der Waals surface area contributed by atoms with Crippen LogP contribution in [0.3, 0.4) is 0 Å². The molecule has 0 saturated heterocycles. The van der Waals surface area contributed by atoms with Crippen molar-refractivity contribution in [3.63, 3.8) is 0 Å². The van der Waals surface area contributed by atoms with Crippen LogP contribution < -0.4 is 10.6 Å². The number of carbonyl (C=O) groups excluding carboxylic acids is 2. The van der Waals surface area contributed by atoms with Gasteiger partial charge in [-0.15, -0.1) is 0 Å². The second-order valence-electron chi connectivity index (χ2n) is 5.67. The third-order valence-corrected chi connectivity index (χ3v) is 4.02. The number of nitrogens with one attached hydrogen (secondary N) is 2. The minimum Gasteiger partial charge on any atom is -0.355 e. The number of halogens is 1. The first-order valence-electron chi connectivity index (χ1n) is 8.20. The van der Waals surface area contributed by atoms with Crippen molar-refractivity contribution in [2.75, 3.05) is 13.1 Å². The Labute approximate surface area is 155 Å². The maximum Gasteiger partial charge on any atom is 0.270 e. The first-order chi connectivity index (χ1) is 12.6. The number of fused-ring (bicyclic) bond motifs is 1. The summed E-state index contributed by atoms with van der Waals surface area (Å²) >= 11 is 5.81. The van der Waals surface area contributed by atoms with Gasteiger partial charge in [-0.05, 0) is 30.7 Å². The molecule has 0 atom stereocenters. The fourth-order valence-electron chi connectivity index (χ4n) is 2.51. The van der Waals surface area contributed by atoms with Crippen LogP contribution in [0, 0.1) is 0 Å². The number of rotatable bonds is 7. The second kappa shape index (κ2) is 8.44. The molecule has 134 valence electrons. The molecule has 0 fully saturated rings. The zero-order valence-electron chi connectivity index (χ0n) is 14.0. The Bertz CT molecular complexity index is 925. The summed E-state index contributed by atoms with van der Waals surface area (Å²) in [5.41, 5.74) is 2.20. The second-order valence-corrected chi connectivity index (χ2v) is 6.11. The highest BCUT2D eigenvalue weighted by Gasteiger charge is 2.09. The van der Waals surface area contributed by atoms with Gasteiger partial charge < -0.3 is 15.2 Å². The van der Waals surface area contributed by atoms with Crippen molar-refractivity contribution < 1.29 is 9.59 Å². The number of aromatic nitrogens is 3. The Morgan fingerprint density at radius 1 is 1.12 bits per heavy atom. The van der Waals surface area contributed by atoms with E-state index in [-0.39, 0.29) is 18.1 Å². The number of aryl methyl sites for hydroxylation is 1. The van der Waals surface area contributed by atoms with Crippen molar-refractivity contribution in [3.8, 4) is 0 Å². The van der Waals surface area contributed by atoms with Gasteiger partial charge in [0.15, 0.2) is 0 Å². The molecule has 0 aliphatic heterocycles. The molecule has 0 saturated carbocycles. The maximum absolute atomic E-state index is 11.9. The van der Waals surface area contributed by atoms with Gasteiger partial charge in [-0.1, -0.05) is 23.7 Å². The van der Waals surface area contributed by atoms with E-state index in [0.29, 0.717) is 11.6 Å². The molecule has 2 N–H and O–H groups in total. The molecular weight excluding hydrogens is 354 g/mol. The molecule has 0 radical (unpaired) electrons. The predicted octanol–water partition coefficient (Wildman–Crippen LogP) is 2.02. The molecule has 2 amide bonds. The molecule has 1 aromatic carbocycles. The van der Waals surface area contributed by atoms with Crippen molar-refractivity contribution in [3.05, 3.63) is 59.6 Å². The number of carbonyl (C=O) groups is 2. The Balaban J connectivity index is 1.38. The molecule has 0 aliphatic carbocycles. The lowest BCUT2D eigenvalue weighted by atomic mass is 10.3. The standard InChI is InChI=1S/C18H18ClN5O2/c19-13-6-8-20-15(10-13)18(26)22-11-17(25)21-7-3-9-24-12-23-14-4-1-2-5-16(14)24/h1-2,4-6,8,10,12H,3,7,9,11H2,(H,21,25)(H,22,26). The highest BCUT2D eigenvalue weighted by molar-refractivity contribution is 6.30. The van der Waals surface area contributed by atoms with Gasteiger partial charge in [0.2, 0.25) is 5.91 Å². The average Bonchev–Trinajstić information content (AvgIpc) is 3.06. The lowest BCUT2D eigenvalue weighted by molar-refractivity contribution is -0.120. The summed E-state index contributed by atoms with van der Waals surface area (Å²) in [6.45, 7) is 1.15. The smallest absolute Gasteiger partial charge is 0.270 e. The zero-order chi connectivity index (χ0) is 18.4. The van der Waals surface area contributed by atoms with Gasteiger partial charge in [0.25, 0.3) is 5.91 Å². The SMILES string of the molecule is O=C(CNC(=O)c1cc(Cl)ccn1)NCCCn1cnc2ccccc21. The van der Waals surface area contributed by atoms with Gasteiger partial charge in [-0.25, -0.2) is 4.98 Å². The number of nitrogens with zero attached hydrogens (tertiary/aromatic N) is 3. The van der Waals surface area contributed by atoms with E-state index in [1.807, 2.05) is 28.8 Å². The van der Waals surface area contributed by atoms with Crippen molar-refractivity contribution in [2.24, 2.45) is 0 Å². The van der Waals surface area contributed by atoms with Crippen molar-refractivity contribution >= 4 is 34.4 Å². The molecule has 8 heteroatoms. The molecule has 2 heterocycles. The molecule has 26 heavy (non-hydrogen) atoms. The van der Waals surface area contributed by atoms with Crippen molar-refractivity contribution in [1.29, 1.82) is 0 Å². The lowest BCUT2D eigenvalue weighted by Crippen LogP contribution is -2.37. The number of pyridine rings is 1. The Morgan fingerprint density at radius 2 is 1.96 bits per heavy atom. The lowest BCUT2D eigenvalue weighted by Gasteiger charge is -2.08. The Morgan fingerprint density at radius 3 is 2.81 bits per heavy atom. The predicted molar refractivity (Wildman–Crippen MR) is 98.9 cm³/mol. The number of imidazole rings is 1. The molecule has 0 spiro atoms. The van der Waals surface area contributed by atoms with E-state index < -0.39 is 5.91 Å². The van der Waals surface area contributed by atoms with Crippen LogP contribution in [-0.4, -0.2) is 39.4 Å². The van der Waals surface area contributed by atoms with Crippen LogP contribution in [0.4, 0.5) is 0 Å². The topological polar surface area (TPSA) is 88.9 Å². The van der Waals surface area contributed by atoms with Gasteiger partial charge in [0.1, 0.15) is 5.69 Å². The highest BCUT2D eigenvalue weighted by Crippen LogP contribution is 2.11. The fourth-order valence-corrected chi connectivity index (χ4v) is 2.67. The third-order valence-electron chi connectivity index (χ3n) is 3.79. The third kappa shape index (κ3) is 4.58. The number of benzene rings is 1. The number of hydrogen-bond donors (Lipinski definition) is 2. The van der Waals surface area contributed by atoms with Gasteiger partial charge in [0.05, 0.1) is 23.9 Å². The minimum atomic E-state index is -0.437. The van der Waals surface area contributed by atoms with Crippen LogP contribution in [0.1, 0.15) is 16.9 Å². The fraction of sp³-hybridized carbons (Fsp3) is 0.222. The maximum atomic E-state index is 11.9. The van der Waals surface area contributed by atoms with Crippen LogP contribution in [0.2, 0.25) is 5.02 Å². The monoisotopic (exact) mass is 371 g/mol. The zero-order valence-corrected chi connectivity index (χ0v) is 14.7. The number of para-hydroxylation sites is 2. The van der Waals surface area contributed by atoms with E-state index in [9.17, 15) is 9.59 Å². The Hall–Kier alpha value is -2.93. The van der Waals surface area contributed by atoms with Crippen molar-refractivity contribution in [1.82, 2.24) is 25.2 Å². The summed E-state index contributed by atoms with van der Waals surface area (Å²) in [4.78, 5) is 32.0. The molecule has 3 aromatic rings. The summed E-state index contributed by atoms with van der Waals surface area (Å²) in [6.07, 6.45) is 4.00. The first-order valence-corrected chi connectivity index (χ1v) is 8.57. The summed E-state index contributed by atoms with van der Waals surface area (Å²) in [6, 6.07) is 10.9. The highest BCUT2D eigenvalue weighted by atomic mass is 35.5. The van der Waals surface area contributed by atoms with E-state index in [1.54, 1.807) is 12.4 Å². The molecular formula is C18H18ClN5O2. The van der Waals surface area contributed by atoms with E-state index in [4.69, 9.17) is 11.6 Å². The number of hydrogen-bond acceptors (Lipinski definition) is 4. The number of amides is 2. The van der Waals surface area contributed by atoms with Crippen LogP contribution in [0.15, 0.2) is 48.9 Å². The average molecular weight is 372 g/mol. The molecule has 7 nitrogen and oxygen atoms in total. The van der Waals surface area contributed by atoms with Gasteiger partial charge in [-0.3, -0.25) is 14.6 Å². The van der Waals surface area contributed by atoms with Crippen molar-refractivity contribution in [2.45, 2.75) is 13.0 Å². The molecule has 3 rings (SSSR count). The summed E-state index contributed by atoms with van der Waals surface area (Å²) in [7, 11) is 0. The largest absolute Gasteiger partial charge is 0.355 e. The van der Waals surface area contributed by atoms with E-state index >= 15 is 0 Å². The van der Waals surface area contributed by atoms with Crippen LogP contribution in [0.5, 0.6) is 0 Å². The van der Waals surface area contributed by atoms with Gasteiger partial charge >= 0.3 is 0 Å². The van der Waals surface area contributed by atoms with E-state index in [0.717, 1.165) is 24.0 Å². The summed E-state index contributed by atoms with van der Waals surface area (Å²) < 4.78 is 2.05. The molecule has 2 aromatic heterocycles. The van der Waals surface area contributed by atoms with Crippen LogP contribution >= 0.6 is 11.6 Å². The normalized spacial score (nSPS) is 10.7. The van der Waals surface area contributed by atoms with E-state index in [1.165, 1.54) is 12.3 Å². The van der Waals surface area contributed by atoms with Crippen LogP contribution in [0.25, 0.3) is 11.0 Å². The quantitative estimate of drug-likeness (QED) is 0.622. The summed E-state index contributed by atoms with van der Waals surface area (Å²) in [5.74, 6) is -0.691. The summed E-state index contributed by atoms with van der Waals surface area (Å²) in [5, 5.41) is 5.71.